The molecule has 0 aromatic heterocycles. The van der Waals surface area contributed by atoms with Gasteiger partial charge in [0.15, 0.2) is 11.6 Å². The highest BCUT2D eigenvalue weighted by Gasteiger charge is 2.32. The minimum atomic E-state index is -1.21. The monoisotopic (exact) mass is 599 g/mol. The Labute approximate surface area is 248 Å². The predicted octanol–water partition coefficient (Wildman–Crippen LogP) is 3.67. The number of carbonyl (C=O) groups excluding carboxylic acids is 4. The molecule has 2 aromatic carbocycles. The number of likely N-dealkylation sites (N-methyl/N-ethyl adjacent to an activating group) is 1. The second-order valence-electron chi connectivity index (χ2n) is 10.3. The van der Waals surface area contributed by atoms with Crippen molar-refractivity contribution in [3.63, 3.8) is 0 Å². The van der Waals surface area contributed by atoms with Gasteiger partial charge in [0.2, 0.25) is 12.3 Å². The Bertz CT molecular complexity index is 1350. The molecule has 0 aliphatic carbocycles. The summed E-state index contributed by atoms with van der Waals surface area (Å²) in [7, 11) is 1.54. The predicted molar refractivity (Wildman–Crippen MR) is 159 cm³/mol. The fourth-order valence-corrected chi connectivity index (χ4v) is 5.64. The fraction of sp³-hybridized carbons (Fsp3) is 0.400. The van der Waals surface area contributed by atoms with Gasteiger partial charge in [0.05, 0.1) is 5.57 Å². The number of likely N-dealkylation sites (tertiary alicyclic amines) is 1. The van der Waals surface area contributed by atoms with Crippen molar-refractivity contribution < 1.29 is 28.0 Å². The average Bonchev–Trinajstić information content (AvgIpc) is 3.17. The number of piperidine rings is 1. The zero-order chi connectivity index (χ0) is 30.2. The van der Waals surface area contributed by atoms with E-state index < -0.39 is 17.5 Å². The van der Waals surface area contributed by atoms with Crippen LogP contribution in [-0.2, 0) is 20.8 Å². The minimum absolute atomic E-state index is 0.0394. The molecule has 0 radical (unpaired) electrons. The number of nitrogens with zero attached hydrogens (tertiary/aromatic N) is 4. The Hall–Kier alpha value is -3.93. The van der Waals surface area contributed by atoms with Crippen LogP contribution in [-0.4, -0.2) is 102 Å². The third-order valence-electron chi connectivity index (χ3n) is 7.60. The second kappa shape index (κ2) is 14.3. The van der Waals surface area contributed by atoms with Crippen LogP contribution in [0, 0.1) is 11.6 Å². The highest BCUT2D eigenvalue weighted by Crippen LogP contribution is 2.26. The van der Waals surface area contributed by atoms with Crippen molar-refractivity contribution >= 4 is 47.3 Å². The number of urea groups is 1. The molecule has 2 aliphatic heterocycles. The lowest BCUT2D eigenvalue weighted by atomic mass is 10.0. The van der Waals surface area contributed by atoms with Crippen LogP contribution in [0.15, 0.2) is 48.7 Å². The summed E-state index contributed by atoms with van der Waals surface area (Å²) in [6, 6.07) is 11.0. The molecule has 0 unspecified atom stereocenters. The van der Waals surface area contributed by atoms with E-state index in [0.717, 1.165) is 34.8 Å². The van der Waals surface area contributed by atoms with Gasteiger partial charge in [-0.3, -0.25) is 14.4 Å². The van der Waals surface area contributed by atoms with Gasteiger partial charge in [0.1, 0.15) is 6.54 Å². The number of rotatable bonds is 10. The van der Waals surface area contributed by atoms with E-state index in [0.29, 0.717) is 51.2 Å². The number of para-hydroxylation sites is 1. The first-order valence-electron chi connectivity index (χ1n) is 13.8. The number of carbonyl (C=O) groups is 4. The summed E-state index contributed by atoms with van der Waals surface area (Å²) in [6.07, 6.45) is 5.25. The van der Waals surface area contributed by atoms with Crippen molar-refractivity contribution in [1.29, 1.82) is 0 Å². The summed E-state index contributed by atoms with van der Waals surface area (Å²) in [6.45, 7) is 1.32. The third kappa shape index (κ3) is 7.28. The SMILES string of the molecule is CSCCN(C)C(=O)/C(=C\N(C=O)CC(=O)N1CCC(N2CCc3ccccc3NC2=O)CC1)c1cccc(F)c1F. The van der Waals surface area contributed by atoms with Gasteiger partial charge in [0.25, 0.3) is 5.91 Å². The Morgan fingerprint density at radius 2 is 1.83 bits per heavy atom. The molecule has 1 fully saturated rings. The molecule has 0 atom stereocenters. The normalized spacial score (nSPS) is 15.9. The van der Waals surface area contributed by atoms with Crippen LogP contribution >= 0.6 is 11.8 Å². The maximum Gasteiger partial charge on any atom is 0.322 e. The van der Waals surface area contributed by atoms with Crippen LogP contribution in [0.5, 0.6) is 0 Å². The number of hydrogen-bond donors (Lipinski definition) is 1. The van der Waals surface area contributed by atoms with Gasteiger partial charge in [-0.2, -0.15) is 11.8 Å². The number of hydrogen-bond acceptors (Lipinski definition) is 5. The largest absolute Gasteiger partial charge is 0.341 e. The van der Waals surface area contributed by atoms with Gasteiger partial charge < -0.3 is 24.9 Å². The quantitative estimate of drug-likeness (QED) is 0.333. The smallest absolute Gasteiger partial charge is 0.322 e. The number of amides is 5. The van der Waals surface area contributed by atoms with Crippen molar-refractivity contribution in [3.8, 4) is 0 Å². The topological polar surface area (TPSA) is 93.3 Å². The molecule has 2 heterocycles. The molecule has 9 nitrogen and oxygen atoms in total. The van der Waals surface area contributed by atoms with Gasteiger partial charge in [0, 0.05) is 62.5 Å². The molecule has 5 amide bonds. The van der Waals surface area contributed by atoms with E-state index in [-0.39, 0.29) is 35.7 Å². The summed E-state index contributed by atoms with van der Waals surface area (Å²) in [5.41, 5.74) is 1.36. The van der Waals surface area contributed by atoms with E-state index in [1.54, 1.807) is 4.90 Å². The second-order valence-corrected chi connectivity index (χ2v) is 11.3. The van der Waals surface area contributed by atoms with Crippen LogP contribution in [0.4, 0.5) is 19.3 Å². The van der Waals surface area contributed by atoms with Gasteiger partial charge in [-0.15, -0.1) is 0 Å². The first-order chi connectivity index (χ1) is 20.2. The molecule has 224 valence electrons. The van der Waals surface area contributed by atoms with Crippen molar-refractivity contribution in [1.82, 2.24) is 19.6 Å². The van der Waals surface area contributed by atoms with E-state index in [1.807, 2.05) is 35.4 Å². The van der Waals surface area contributed by atoms with Gasteiger partial charge in [-0.1, -0.05) is 30.3 Å². The number of fused-ring (bicyclic) bond motifs is 1. The van der Waals surface area contributed by atoms with Crippen LogP contribution in [0.25, 0.3) is 5.57 Å². The van der Waals surface area contributed by atoms with E-state index in [4.69, 9.17) is 0 Å². The molecule has 4 rings (SSSR count). The minimum Gasteiger partial charge on any atom is -0.341 e. The summed E-state index contributed by atoms with van der Waals surface area (Å²) in [5.74, 6) is -2.68. The van der Waals surface area contributed by atoms with Crippen LogP contribution in [0.2, 0.25) is 0 Å². The van der Waals surface area contributed by atoms with Gasteiger partial charge in [-0.25, -0.2) is 13.6 Å². The molecule has 42 heavy (non-hydrogen) atoms. The van der Waals surface area contributed by atoms with Gasteiger partial charge in [-0.05, 0) is 43.2 Å². The standard InChI is InChI=1S/C30H35F2N5O4S/c1-34(16-17-42-2)29(40)24(23-7-5-8-25(31)28(23)32)18-35(20-38)19-27(39)36-13-11-22(12-14-36)37-15-10-21-6-3-4-9-26(21)33-30(37)41/h3-9,18,20,22H,10-17,19H2,1-2H3,(H,33,41)/b24-18-. The van der Waals surface area contributed by atoms with Gasteiger partial charge >= 0.3 is 6.03 Å². The van der Waals surface area contributed by atoms with E-state index in [2.05, 4.69) is 5.32 Å². The van der Waals surface area contributed by atoms with Crippen molar-refractivity contribution in [3.05, 3.63) is 71.4 Å². The Morgan fingerprint density at radius 1 is 1.10 bits per heavy atom. The molecule has 0 bridgehead atoms. The lowest BCUT2D eigenvalue weighted by Gasteiger charge is -2.38. The summed E-state index contributed by atoms with van der Waals surface area (Å²) >= 11 is 1.52. The Morgan fingerprint density at radius 3 is 2.55 bits per heavy atom. The molecule has 1 saturated heterocycles. The summed E-state index contributed by atoms with van der Waals surface area (Å²) in [4.78, 5) is 57.1. The maximum atomic E-state index is 14.8. The Balaban J connectivity index is 1.43. The molecule has 1 N–H and O–H groups in total. The summed E-state index contributed by atoms with van der Waals surface area (Å²) < 4.78 is 28.8. The number of nitrogens with one attached hydrogen (secondary N) is 1. The molecule has 2 aliphatic rings. The highest BCUT2D eigenvalue weighted by atomic mass is 32.2. The van der Waals surface area contributed by atoms with Crippen LogP contribution < -0.4 is 5.32 Å². The van der Waals surface area contributed by atoms with Crippen LogP contribution in [0.1, 0.15) is 24.0 Å². The first-order valence-corrected chi connectivity index (χ1v) is 15.2. The number of benzene rings is 2. The number of thioether (sulfide) groups is 1. The van der Waals surface area contributed by atoms with E-state index in [9.17, 15) is 28.0 Å². The fourth-order valence-electron chi connectivity index (χ4n) is 5.19. The number of anilines is 1. The molecule has 0 saturated carbocycles. The molecule has 12 heteroatoms. The lowest BCUT2D eigenvalue weighted by molar-refractivity contribution is -0.135. The van der Waals surface area contributed by atoms with Crippen molar-refractivity contribution in [2.24, 2.45) is 0 Å². The first kappa shape index (κ1) is 31.0. The molecule has 0 spiro atoms. The summed E-state index contributed by atoms with van der Waals surface area (Å²) in [5, 5.41) is 2.98. The molecule has 2 aromatic rings. The van der Waals surface area contributed by atoms with Crippen molar-refractivity contribution in [2.75, 3.05) is 57.1 Å². The average molecular weight is 600 g/mol. The van der Waals surface area contributed by atoms with Crippen LogP contribution in [0.3, 0.4) is 0 Å². The highest BCUT2D eigenvalue weighted by molar-refractivity contribution is 7.98. The zero-order valence-electron chi connectivity index (χ0n) is 23.7. The van der Waals surface area contributed by atoms with Crippen molar-refractivity contribution in [2.45, 2.75) is 25.3 Å². The lowest BCUT2D eigenvalue weighted by Crippen LogP contribution is -2.51. The maximum absolute atomic E-state index is 14.8. The number of halogens is 2. The third-order valence-corrected chi connectivity index (χ3v) is 8.19. The van der Waals surface area contributed by atoms with E-state index >= 15 is 0 Å². The Kier molecular flexibility index (Phi) is 10.6. The molecular formula is C30H35F2N5O4S. The molecular weight excluding hydrogens is 564 g/mol. The van der Waals surface area contributed by atoms with E-state index in [1.165, 1.54) is 35.8 Å². The zero-order valence-corrected chi connectivity index (χ0v) is 24.5.